The smallest absolute Gasteiger partial charge is 0.257 e. The second-order valence-electron chi connectivity index (χ2n) is 5.91. The Hall–Kier alpha value is -2.11. The van der Waals surface area contributed by atoms with Crippen LogP contribution >= 0.6 is 0 Å². The Balaban J connectivity index is 1.53. The number of hydrogen-bond acceptors (Lipinski definition) is 4. The monoisotopic (exact) mass is 314 g/mol. The maximum Gasteiger partial charge on any atom is 0.257 e. The largest absolute Gasteiger partial charge is 0.469 e. The molecule has 5 nitrogen and oxygen atoms in total. The summed E-state index contributed by atoms with van der Waals surface area (Å²) in [7, 11) is 0. The number of benzene rings is 1. The van der Waals surface area contributed by atoms with Gasteiger partial charge in [-0.2, -0.15) is 0 Å². The Morgan fingerprint density at radius 1 is 1.17 bits per heavy atom. The van der Waals surface area contributed by atoms with Crippen LogP contribution in [-0.4, -0.2) is 53.5 Å². The summed E-state index contributed by atoms with van der Waals surface area (Å²) >= 11 is 0. The van der Waals surface area contributed by atoms with Gasteiger partial charge in [0.25, 0.3) is 5.91 Å². The highest BCUT2D eigenvalue weighted by atomic mass is 16.3. The summed E-state index contributed by atoms with van der Waals surface area (Å²) in [5.41, 5.74) is 1.57. The van der Waals surface area contributed by atoms with E-state index >= 15 is 0 Å². The number of carbonyl (C=O) groups is 1. The Labute approximate surface area is 136 Å². The van der Waals surface area contributed by atoms with Gasteiger partial charge in [-0.05, 0) is 18.6 Å². The van der Waals surface area contributed by atoms with Crippen molar-refractivity contribution in [2.45, 2.75) is 13.0 Å². The lowest BCUT2D eigenvalue weighted by Gasteiger charge is -2.35. The Kier molecular flexibility index (Phi) is 4.79. The summed E-state index contributed by atoms with van der Waals surface area (Å²) in [6.45, 7) is 5.28. The number of piperazine rings is 1. The number of amides is 1. The van der Waals surface area contributed by atoms with Crippen molar-refractivity contribution in [3.63, 3.8) is 0 Å². The van der Waals surface area contributed by atoms with Crippen molar-refractivity contribution in [1.29, 1.82) is 0 Å². The molecule has 23 heavy (non-hydrogen) atoms. The predicted octanol–water partition coefficient (Wildman–Crippen LogP) is 2.08. The second kappa shape index (κ2) is 6.98. The summed E-state index contributed by atoms with van der Waals surface area (Å²) in [6.07, 6.45) is 1.06. The fourth-order valence-electron chi connectivity index (χ4n) is 2.94. The van der Waals surface area contributed by atoms with E-state index in [0.29, 0.717) is 31.0 Å². The van der Waals surface area contributed by atoms with Crippen LogP contribution in [0.25, 0.3) is 0 Å². The number of nitrogens with zero attached hydrogens (tertiary/aromatic N) is 2. The van der Waals surface area contributed by atoms with Crippen LogP contribution in [-0.2, 0) is 0 Å². The van der Waals surface area contributed by atoms with E-state index in [9.17, 15) is 9.90 Å². The van der Waals surface area contributed by atoms with E-state index in [1.54, 1.807) is 19.3 Å². The van der Waals surface area contributed by atoms with Crippen LogP contribution in [0.5, 0.6) is 0 Å². The number of rotatable bonds is 4. The molecule has 3 rings (SSSR count). The molecule has 1 N–H and O–H groups in total. The first-order chi connectivity index (χ1) is 11.1. The average molecular weight is 314 g/mol. The summed E-state index contributed by atoms with van der Waals surface area (Å²) in [4.78, 5) is 16.5. The number of aliphatic hydroxyl groups excluding tert-OH is 1. The average Bonchev–Trinajstić information content (AvgIpc) is 3.02. The van der Waals surface area contributed by atoms with Crippen LogP contribution in [0.15, 0.2) is 47.1 Å². The zero-order valence-electron chi connectivity index (χ0n) is 13.3. The second-order valence-corrected chi connectivity index (χ2v) is 5.91. The lowest BCUT2D eigenvalue weighted by Crippen LogP contribution is -2.49. The lowest BCUT2D eigenvalue weighted by molar-refractivity contribution is 0.0526. The molecule has 2 aromatic rings. The summed E-state index contributed by atoms with van der Waals surface area (Å²) < 4.78 is 5.21. The third-order valence-electron chi connectivity index (χ3n) is 4.36. The molecule has 1 aliphatic rings. The molecule has 1 aromatic heterocycles. The molecule has 1 aliphatic heterocycles. The highest BCUT2D eigenvalue weighted by molar-refractivity contribution is 5.95. The van der Waals surface area contributed by atoms with E-state index in [2.05, 4.69) is 4.90 Å². The molecular weight excluding hydrogens is 292 g/mol. The number of β-amino-alcohol motifs (C(OH)–C–C–N with tert-alkyl or cyclic N) is 1. The van der Waals surface area contributed by atoms with E-state index in [0.717, 1.165) is 18.7 Å². The standard InChI is InChI=1S/C18H22N2O3/c1-14-16(7-12-23-14)18(22)20-10-8-19(9-11-20)13-17(21)15-5-3-2-4-6-15/h2-7,12,17,21H,8-11,13H2,1H3/t17-/m0/s1. The molecule has 1 atom stereocenters. The van der Waals surface area contributed by atoms with Gasteiger partial charge in [-0.3, -0.25) is 9.69 Å². The minimum Gasteiger partial charge on any atom is -0.469 e. The minimum absolute atomic E-state index is 0.0273. The van der Waals surface area contributed by atoms with Crippen molar-refractivity contribution in [2.24, 2.45) is 0 Å². The van der Waals surface area contributed by atoms with Gasteiger partial charge in [-0.1, -0.05) is 30.3 Å². The highest BCUT2D eigenvalue weighted by Gasteiger charge is 2.25. The molecule has 122 valence electrons. The maximum absolute atomic E-state index is 12.4. The number of carbonyl (C=O) groups excluding carboxylic acids is 1. The highest BCUT2D eigenvalue weighted by Crippen LogP contribution is 2.17. The first kappa shape index (κ1) is 15.8. The van der Waals surface area contributed by atoms with Crippen molar-refractivity contribution in [1.82, 2.24) is 9.80 Å². The molecule has 0 aliphatic carbocycles. The molecule has 1 amide bonds. The normalized spacial score (nSPS) is 17.2. The molecule has 1 saturated heterocycles. The first-order valence-corrected chi connectivity index (χ1v) is 7.94. The minimum atomic E-state index is -0.491. The topological polar surface area (TPSA) is 56.9 Å². The van der Waals surface area contributed by atoms with E-state index < -0.39 is 6.10 Å². The van der Waals surface area contributed by atoms with Gasteiger partial charge in [-0.15, -0.1) is 0 Å². The van der Waals surface area contributed by atoms with Crippen LogP contribution in [0.2, 0.25) is 0 Å². The van der Waals surface area contributed by atoms with Gasteiger partial charge in [0.15, 0.2) is 0 Å². The van der Waals surface area contributed by atoms with Gasteiger partial charge in [0.1, 0.15) is 5.76 Å². The SMILES string of the molecule is Cc1occc1C(=O)N1CCN(C[C@H](O)c2ccccc2)CC1. The van der Waals surface area contributed by atoms with E-state index in [4.69, 9.17) is 4.42 Å². The van der Waals surface area contributed by atoms with E-state index in [1.165, 1.54) is 0 Å². The first-order valence-electron chi connectivity index (χ1n) is 7.94. The molecule has 0 bridgehead atoms. The van der Waals surface area contributed by atoms with Gasteiger partial charge in [-0.25, -0.2) is 0 Å². The third kappa shape index (κ3) is 3.63. The van der Waals surface area contributed by atoms with E-state index in [1.807, 2.05) is 35.2 Å². The molecular formula is C18H22N2O3. The van der Waals surface area contributed by atoms with Gasteiger partial charge in [0.05, 0.1) is 17.9 Å². The number of hydrogen-bond donors (Lipinski definition) is 1. The number of furan rings is 1. The molecule has 0 spiro atoms. The number of aryl methyl sites for hydroxylation is 1. The number of aliphatic hydroxyl groups is 1. The molecule has 0 radical (unpaired) electrons. The summed E-state index contributed by atoms with van der Waals surface area (Å²) in [5, 5.41) is 10.3. The zero-order valence-corrected chi connectivity index (χ0v) is 13.3. The van der Waals surface area contributed by atoms with Crippen molar-refractivity contribution >= 4 is 5.91 Å². The van der Waals surface area contributed by atoms with Crippen LogP contribution < -0.4 is 0 Å². The van der Waals surface area contributed by atoms with Crippen LogP contribution in [0.3, 0.4) is 0 Å². The molecule has 1 fully saturated rings. The Morgan fingerprint density at radius 3 is 2.48 bits per heavy atom. The van der Waals surface area contributed by atoms with Crippen molar-refractivity contribution in [3.8, 4) is 0 Å². The Morgan fingerprint density at radius 2 is 1.87 bits per heavy atom. The summed E-state index contributed by atoms with van der Waals surface area (Å²) in [5.74, 6) is 0.691. The molecule has 2 heterocycles. The fourth-order valence-corrected chi connectivity index (χ4v) is 2.94. The van der Waals surface area contributed by atoms with Gasteiger partial charge in [0, 0.05) is 32.7 Å². The predicted molar refractivity (Wildman–Crippen MR) is 87.2 cm³/mol. The van der Waals surface area contributed by atoms with Crippen molar-refractivity contribution in [2.75, 3.05) is 32.7 Å². The summed E-state index contributed by atoms with van der Waals surface area (Å²) in [6, 6.07) is 11.4. The molecule has 0 unspecified atom stereocenters. The van der Waals surface area contributed by atoms with Gasteiger partial charge < -0.3 is 14.4 Å². The van der Waals surface area contributed by atoms with Gasteiger partial charge >= 0.3 is 0 Å². The van der Waals surface area contributed by atoms with Crippen LogP contribution in [0.4, 0.5) is 0 Å². The molecule has 1 aromatic carbocycles. The van der Waals surface area contributed by atoms with Crippen LogP contribution in [0, 0.1) is 6.92 Å². The lowest BCUT2D eigenvalue weighted by atomic mass is 10.1. The Bertz CT molecular complexity index is 645. The fraction of sp³-hybridized carbons (Fsp3) is 0.389. The maximum atomic E-state index is 12.4. The quantitative estimate of drug-likeness (QED) is 0.939. The van der Waals surface area contributed by atoms with Crippen molar-refractivity contribution in [3.05, 3.63) is 59.5 Å². The van der Waals surface area contributed by atoms with Gasteiger partial charge in [0.2, 0.25) is 0 Å². The molecule has 0 saturated carbocycles. The van der Waals surface area contributed by atoms with E-state index in [-0.39, 0.29) is 5.91 Å². The van der Waals surface area contributed by atoms with Crippen LogP contribution in [0.1, 0.15) is 27.8 Å². The zero-order chi connectivity index (χ0) is 16.2. The third-order valence-corrected chi connectivity index (χ3v) is 4.36. The van der Waals surface area contributed by atoms with Crippen molar-refractivity contribution < 1.29 is 14.3 Å². The molecule has 5 heteroatoms.